The Morgan fingerprint density at radius 2 is 2.25 bits per heavy atom. The summed E-state index contributed by atoms with van der Waals surface area (Å²) in [6.45, 7) is 0. The first-order valence-electron chi connectivity index (χ1n) is 4.60. The van der Waals surface area contributed by atoms with Crippen molar-refractivity contribution in [1.82, 2.24) is 4.98 Å². The molecule has 1 aromatic carbocycles. The van der Waals surface area contributed by atoms with E-state index in [-0.39, 0.29) is 0 Å². The van der Waals surface area contributed by atoms with Crippen molar-refractivity contribution in [2.24, 2.45) is 0 Å². The number of hydrogen-bond donors (Lipinski definition) is 2. The monoisotopic (exact) mass is 251 g/mol. The molecule has 0 saturated heterocycles. The molecule has 0 atom stereocenters. The molecule has 3 rings (SSSR count). The minimum absolute atomic E-state index is 0.336. The van der Waals surface area contributed by atoms with E-state index in [1.165, 1.54) is 11.3 Å². The molecule has 0 fully saturated rings. The molecule has 2 N–H and O–H groups in total. The van der Waals surface area contributed by atoms with Gasteiger partial charge in [0.2, 0.25) is 0 Å². The number of aromatic nitrogens is 1. The highest BCUT2D eigenvalue weighted by molar-refractivity contribution is 7.21. The predicted octanol–water partition coefficient (Wildman–Crippen LogP) is 3.73. The number of carbonyl (C=O) groups is 1. The third-order valence-electron chi connectivity index (χ3n) is 2.46. The van der Waals surface area contributed by atoms with Crippen molar-refractivity contribution >= 4 is 50.0 Å². The van der Waals surface area contributed by atoms with Gasteiger partial charge in [0.15, 0.2) is 0 Å². The highest BCUT2D eigenvalue weighted by atomic mass is 35.5. The molecule has 16 heavy (non-hydrogen) atoms. The Labute approximate surface area is 99.3 Å². The highest BCUT2D eigenvalue weighted by Gasteiger charge is 2.13. The first-order valence-corrected chi connectivity index (χ1v) is 5.79. The van der Waals surface area contributed by atoms with E-state index in [0.717, 1.165) is 21.1 Å². The minimum atomic E-state index is -0.898. The zero-order chi connectivity index (χ0) is 11.3. The van der Waals surface area contributed by atoms with Crippen LogP contribution >= 0.6 is 22.9 Å². The summed E-state index contributed by atoms with van der Waals surface area (Å²) in [5, 5.41) is 10.5. The van der Waals surface area contributed by atoms with Crippen LogP contribution in [0.3, 0.4) is 0 Å². The van der Waals surface area contributed by atoms with Crippen LogP contribution in [-0.4, -0.2) is 16.1 Å². The molecule has 0 radical (unpaired) electrons. The first kappa shape index (κ1) is 9.69. The first-order chi connectivity index (χ1) is 7.66. The fourth-order valence-electron chi connectivity index (χ4n) is 1.76. The van der Waals surface area contributed by atoms with Gasteiger partial charge in [-0.25, -0.2) is 4.79 Å². The van der Waals surface area contributed by atoms with Crippen LogP contribution in [0.15, 0.2) is 24.3 Å². The zero-order valence-corrected chi connectivity index (χ0v) is 9.52. The smallest absolute Gasteiger partial charge is 0.345 e. The largest absolute Gasteiger partial charge is 0.477 e. The molecular formula is C11H6ClNO2S. The molecule has 0 saturated carbocycles. The number of H-pyrrole nitrogens is 1. The Morgan fingerprint density at radius 3 is 3.00 bits per heavy atom. The average Bonchev–Trinajstić information content (AvgIpc) is 2.76. The molecule has 3 nitrogen and oxygen atoms in total. The van der Waals surface area contributed by atoms with E-state index in [2.05, 4.69) is 4.98 Å². The lowest BCUT2D eigenvalue weighted by atomic mass is 10.2. The quantitative estimate of drug-likeness (QED) is 0.692. The number of carboxylic acids is 1. The fraction of sp³-hybridized carbons (Fsp3) is 0. The molecule has 0 aliphatic heterocycles. The number of para-hydroxylation sites is 1. The summed E-state index contributed by atoms with van der Waals surface area (Å²) in [6, 6.07) is 7.24. The number of nitrogens with one attached hydrogen (secondary N) is 1. The summed E-state index contributed by atoms with van der Waals surface area (Å²) >= 11 is 7.31. The SMILES string of the molecule is O=C(O)c1cc2[nH]c3c(Cl)cccc3c2s1. The zero-order valence-electron chi connectivity index (χ0n) is 7.95. The summed E-state index contributed by atoms with van der Waals surface area (Å²) in [5.74, 6) is -0.898. The van der Waals surface area contributed by atoms with Gasteiger partial charge in [-0.2, -0.15) is 0 Å². The number of halogens is 1. The molecule has 0 unspecified atom stereocenters. The average molecular weight is 252 g/mol. The van der Waals surface area contributed by atoms with E-state index >= 15 is 0 Å². The van der Waals surface area contributed by atoms with Crippen LogP contribution in [-0.2, 0) is 0 Å². The topological polar surface area (TPSA) is 53.1 Å². The van der Waals surface area contributed by atoms with Crippen LogP contribution in [0.1, 0.15) is 9.67 Å². The highest BCUT2D eigenvalue weighted by Crippen LogP contribution is 2.35. The molecule has 2 heterocycles. The van der Waals surface area contributed by atoms with Gasteiger partial charge in [-0.1, -0.05) is 23.7 Å². The lowest BCUT2D eigenvalue weighted by molar-refractivity contribution is 0.0702. The molecule has 0 spiro atoms. The van der Waals surface area contributed by atoms with Crippen LogP contribution < -0.4 is 0 Å². The number of aromatic carboxylic acids is 1. The lowest BCUT2D eigenvalue weighted by Crippen LogP contribution is -1.89. The Balaban J connectivity index is 2.43. The van der Waals surface area contributed by atoms with E-state index in [0.29, 0.717) is 9.90 Å². The summed E-state index contributed by atoms with van der Waals surface area (Å²) < 4.78 is 0.940. The maximum Gasteiger partial charge on any atom is 0.345 e. The van der Waals surface area contributed by atoms with E-state index in [4.69, 9.17) is 16.7 Å². The molecule has 0 aliphatic carbocycles. The van der Waals surface area contributed by atoms with Gasteiger partial charge in [-0.3, -0.25) is 0 Å². The number of thiophene rings is 1. The lowest BCUT2D eigenvalue weighted by Gasteiger charge is -1.92. The molecule has 5 heteroatoms. The normalized spacial score (nSPS) is 11.3. The number of carboxylic acid groups (broad SMARTS) is 1. The van der Waals surface area contributed by atoms with Crippen molar-refractivity contribution in [3.8, 4) is 0 Å². The number of rotatable bonds is 1. The summed E-state index contributed by atoms with van der Waals surface area (Å²) in [7, 11) is 0. The van der Waals surface area contributed by atoms with Gasteiger partial charge in [0, 0.05) is 5.39 Å². The Morgan fingerprint density at radius 1 is 1.44 bits per heavy atom. The van der Waals surface area contributed by atoms with Crippen LogP contribution in [0.25, 0.3) is 21.1 Å². The van der Waals surface area contributed by atoms with Gasteiger partial charge in [0.25, 0.3) is 0 Å². The number of aromatic amines is 1. The minimum Gasteiger partial charge on any atom is -0.477 e. The second kappa shape index (κ2) is 3.23. The third-order valence-corrected chi connectivity index (χ3v) is 3.93. The van der Waals surface area contributed by atoms with Gasteiger partial charge in [0.05, 0.1) is 20.8 Å². The second-order valence-corrected chi connectivity index (χ2v) is 4.91. The standard InChI is InChI=1S/C11H6ClNO2S/c12-6-3-1-2-5-9(6)13-7-4-8(11(14)15)16-10(5)7/h1-4,13H,(H,14,15). The predicted molar refractivity (Wildman–Crippen MR) is 65.7 cm³/mol. The van der Waals surface area contributed by atoms with E-state index in [9.17, 15) is 4.79 Å². The maximum atomic E-state index is 10.8. The molecule has 80 valence electrons. The Hall–Kier alpha value is -1.52. The van der Waals surface area contributed by atoms with Gasteiger partial charge in [-0.05, 0) is 12.1 Å². The van der Waals surface area contributed by atoms with Crippen molar-refractivity contribution in [2.45, 2.75) is 0 Å². The van der Waals surface area contributed by atoms with Gasteiger partial charge >= 0.3 is 5.97 Å². The Kier molecular flexibility index (Phi) is 1.96. The third kappa shape index (κ3) is 1.24. The van der Waals surface area contributed by atoms with Crippen molar-refractivity contribution < 1.29 is 9.90 Å². The molecule has 3 aromatic rings. The molecule has 0 amide bonds. The Bertz CT molecular complexity index is 713. The van der Waals surface area contributed by atoms with Crippen molar-refractivity contribution in [3.05, 3.63) is 34.2 Å². The fourth-order valence-corrected chi connectivity index (χ4v) is 2.97. The van der Waals surface area contributed by atoms with Gasteiger partial charge in [0.1, 0.15) is 4.88 Å². The van der Waals surface area contributed by atoms with Crippen LogP contribution in [0, 0.1) is 0 Å². The van der Waals surface area contributed by atoms with Gasteiger partial charge in [-0.15, -0.1) is 11.3 Å². The van der Waals surface area contributed by atoms with E-state index in [1.54, 1.807) is 6.07 Å². The van der Waals surface area contributed by atoms with Crippen LogP contribution in [0.2, 0.25) is 5.02 Å². The number of hydrogen-bond acceptors (Lipinski definition) is 2. The molecular weight excluding hydrogens is 246 g/mol. The maximum absolute atomic E-state index is 10.8. The van der Waals surface area contributed by atoms with E-state index in [1.807, 2.05) is 18.2 Å². The second-order valence-electron chi connectivity index (χ2n) is 3.45. The van der Waals surface area contributed by atoms with Crippen molar-refractivity contribution in [2.75, 3.05) is 0 Å². The van der Waals surface area contributed by atoms with Crippen LogP contribution in [0.4, 0.5) is 0 Å². The summed E-state index contributed by atoms with van der Waals surface area (Å²) in [6.07, 6.45) is 0. The van der Waals surface area contributed by atoms with Crippen molar-refractivity contribution in [3.63, 3.8) is 0 Å². The number of benzene rings is 1. The van der Waals surface area contributed by atoms with Gasteiger partial charge < -0.3 is 10.1 Å². The summed E-state index contributed by atoms with van der Waals surface area (Å²) in [5.41, 5.74) is 1.69. The molecule has 2 aromatic heterocycles. The van der Waals surface area contributed by atoms with Crippen molar-refractivity contribution in [1.29, 1.82) is 0 Å². The molecule has 0 bridgehead atoms. The number of fused-ring (bicyclic) bond motifs is 3. The van der Waals surface area contributed by atoms with E-state index < -0.39 is 5.97 Å². The summed E-state index contributed by atoms with van der Waals surface area (Å²) in [4.78, 5) is 14.3. The van der Waals surface area contributed by atoms with Crippen LogP contribution in [0.5, 0.6) is 0 Å². The molecule has 0 aliphatic rings.